The molecule has 98 valence electrons. The molecule has 1 aliphatic rings. The smallest absolute Gasteiger partial charge is 0.358 e. The minimum Gasteiger partial charge on any atom is -0.476 e. The maximum absolute atomic E-state index is 11.8. The maximum atomic E-state index is 11.8. The zero-order valence-electron chi connectivity index (χ0n) is 9.46. The first-order valence-corrected chi connectivity index (χ1v) is 5.33. The van der Waals surface area contributed by atoms with E-state index in [1.54, 1.807) is 0 Å². The summed E-state index contributed by atoms with van der Waals surface area (Å²) in [6.45, 7) is 0.797. The third-order valence-corrected chi connectivity index (χ3v) is 2.79. The Morgan fingerprint density at radius 3 is 2.74 bits per heavy atom. The van der Waals surface area contributed by atoms with Gasteiger partial charge >= 0.3 is 5.97 Å². The standard InChI is InChI=1S/C8H8N8O3/c17-7(6-10-12-13-11-6)15-1-4(2-15)16-3-5(8(18)19)9-14-16/h3-4H,1-2H2,(H,18,19)(H,10,11,12,13). The number of nitrogens with zero attached hydrogens (tertiary/aromatic N) is 7. The van der Waals surface area contributed by atoms with Crippen molar-refractivity contribution in [3.05, 3.63) is 17.7 Å². The molecular weight excluding hydrogens is 256 g/mol. The molecule has 0 unspecified atom stereocenters. The lowest BCUT2D eigenvalue weighted by molar-refractivity contribution is 0.0485. The monoisotopic (exact) mass is 264 g/mol. The molecule has 0 aromatic carbocycles. The molecule has 1 saturated heterocycles. The molecule has 11 heteroatoms. The van der Waals surface area contributed by atoms with E-state index in [0.717, 1.165) is 0 Å². The molecule has 2 N–H and O–H groups in total. The van der Waals surface area contributed by atoms with E-state index in [0.29, 0.717) is 13.1 Å². The van der Waals surface area contributed by atoms with Gasteiger partial charge in [0.2, 0.25) is 0 Å². The van der Waals surface area contributed by atoms with Crippen LogP contribution < -0.4 is 0 Å². The second-order valence-corrected chi connectivity index (χ2v) is 3.99. The minimum absolute atomic E-state index is 0.00302. The van der Waals surface area contributed by atoms with Crippen LogP contribution >= 0.6 is 0 Å². The number of likely N-dealkylation sites (tertiary alicyclic amines) is 1. The summed E-state index contributed by atoms with van der Waals surface area (Å²) in [5.41, 5.74) is -0.122. The van der Waals surface area contributed by atoms with E-state index >= 15 is 0 Å². The van der Waals surface area contributed by atoms with E-state index in [4.69, 9.17) is 5.11 Å². The SMILES string of the molecule is O=C(O)c1cn(C2CN(C(=O)c3nn[nH]n3)C2)nn1. The van der Waals surface area contributed by atoms with E-state index < -0.39 is 5.97 Å². The fraction of sp³-hybridized carbons (Fsp3) is 0.375. The normalized spacial score (nSPS) is 15.3. The van der Waals surface area contributed by atoms with Crippen LogP contribution in [0.25, 0.3) is 0 Å². The first-order chi connectivity index (χ1) is 9.15. The van der Waals surface area contributed by atoms with Gasteiger partial charge in [0.1, 0.15) is 0 Å². The Balaban J connectivity index is 1.63. The van der Waals surface area contributed by atoms with Gasteiger partial charge in [0.25, 0.3) is 11.7 Å². The van der Waals surface area contributed by atoms with E-state index in [2.05, 4.69) is 30.9 Å². The number of carboxylic acid groups (broad SMARTS) is 1. The van der Waals surface area contributed by atoms with Gasteiger partial charge in [0, 0.05) is 13.1 Å². The highest BCUT2D eigenvalue weighted by atomic mass is 16.4. The lowest BCUT2D eigenvalue weighted by atomic mass is 10.1. The zero-order valence-corrected chi connectivity index (χ0v) is 9.46. The summed E-state index contributed by atoms with van der Waals surface area (Å²) in [6, 6.07) is -0.0866. The highest BCUT2D eigenvalue weighted by Gasteiger charge is 2.35. The van der Waals surface area contributed by atoms with Gasteiger partial charge in [-0.1, -0.05) is 5.21 Å². The van der Waals surface area contributed by atoms with Crippen LogP contribution in [0.2, 0.25) is 0 Å². The first-order valence-electron chi connectivity index (χ1n) is 5.33. The van der Waals surface area contributed by atoms with Gasteiger partial charge < -0.3 is 10.0 Å². The topological polar surface area (TPSA) is 143 Å². The molecule has 11 nitrogen and oxygen atoms in total. The summed E-state index contributed by atoms with van der Waals surface area (Å²) in [7, 11) is 0. The molecule has 19 heavy (non-hydrogen) atoms. The van der Waals surface area contributed by atoms with Crippen molar-refractivity contribution in [3.8, 4) is 0 Å². The van der Waals surface area contributed by atoms with Gasteiger partial charge in [-0.15, -0.1) is 15.3 Å². The number of aromatic nitrogens is 7. The number of hydrogen-bond donors (Lipinski definition) is 2. The molecular formula is C8H8N8O3. The maximum Gasteiger partial charge on any atom is 0.358 e. The second kappa shape index (κ2) is 4.12. The Morgan fingerprint density at radius 1 is 1.37 bits per heavy atom. The summed E-state index contributed by atoms with van der Waals surface area (Å²) in [5, 5.41) is 28.6. The van der Waals surface area contributed by atoms with Crippen LogP contribution in [0.3, 0.4) is 0 Å². The Morgan fingerprint density at radius 2 is 2.16 bits per heavy atom. The predicted octanol–water partition coefficient (Wildman–Crippen LogP) is -1.81. The number of H-pyrrole nitrogens is 1. The van der Waals surface area contributed by atoms with Gasteiger partial charge in [0.05, 0.1) is 12.2 Å². The van der Waals surface area contributed by atoms with Crippen molar-refractivity contribution < 1.29 is 14.7 Å². The van der Waals surface area contributed by atoms with Crippen LogP contribution in [0.4, 0.5) is 0 Å². The minimum atomic E-state index is -1.13. The number of aromatic amines is 1. The van der Waals surface area contributed by atoms with Crippen molar-refractivity contribution in [2.45, 2.75) is 6.04 Å². The van der Waals surface area contributed by atoms with Crippen LogP contribution in [0.5, 0.6) is 0 Å². The second-order valence-electron chi connectivity index (χ2n) is 3.99. The van der Waals surface area contributed by atoms with E-state index in [-0.39, 0.29) is 23.5 Å². The predicted molar refractivity (Wildman–Crippen MR) is 56.1 cm³/mol. The highest BCUT2D eigenvalue weighted by molar-refractivity contribution is 5.90. The summed E-state index contributed by atoms with van der Waals surface area (Å²) < 4.78 is 1.43. The third kappa shape index (κ3) is 1.90. The molecule has 0 saturated carbocycles. The molecule has 0 radical (unpaired) electrons. The van der Waals surface area contributed by atoms with Crippen molar-refractivity contribution in [2.24, 2.45) is 0 Å². The molecule has 0 atom stereocenters. The summed E-state index contributed by atoms with van der Waals surface area (Å²) in [6.07, 6.45) is 1.34. The van der Waals surface area contributed by atoms with Crippen LogP contribution in [0.15, 0.2) is 6.20 Å². The number of hydrogen-bond acceptors (Lipinski definition) is 7. The molecule has 3 heterocycles. The number of carbonyl (C=O) groups excluding carboxylic acids is 1. The lowest BCUT2D eigenvalue weighted by Crippen LogP contribution is -2.51. The van der Waals surface area contributed by atoms with Crippen LogP contribution in [-0.4, -0.2) is 70.6 Å². The lowest BCUT2D eigenvalue weighted by Gasteiger charge is -2.37. The number of tetrazole rings is 1. The molecule has 0 spiro atoms. The summed E-state index contributed by atoms with van der Waals surface area (Å²) >= 11 is 0. The summed E-state index contributed by atoms with van der Waals surface area (Å²) in [4.78, 5) is 24.0. The largest absolute Gasteiger partial charge is 0.476 e. The number of amides is 1. The molecule has 1 amide bonds. The average molecular weight is 264 g/mol. The number of nitrogens with one attached hydrogen (secondary N) is 1. The molecule has 0 bridgehead atoms. The molecule has 3 rings (SSSR count). The van der Waals surface area contributed by atoms with Crippen molar-refractivity contribution in [1.82, 2.24) is 40.5 Å². The molecule has 2 aromatic rings. The summed E-state index contributed by atoms with van der Waals surface area (Å²) in [5.74, 6) is -1.46. The van der Waals surface area contributed by atoms with Crippen molar-refractivity contribution in [2.75, 3.05) is 13.1 Å². The Bertz CT molecular complexity index is 614. The van der Waals surface area contributed by atoms with Crippen LogP contribution in [-0.2, 0) is 0 Å². The molecule has 2 aromatic heterocycles. The number of rotatable bonds is 3. The van der Waals surface area contributed by atoms with E-state index in [1.165, 1.54) is 15.8 Å². The van der Waals surface area contributed by atoms with E-state index in [1.807, 2.05) is 0 Å². The zero-order chi connectivity index (χ0) is 13.4. The van der Waals surface area contributed by atoms with Crippen molar-refractivity contribution in [1.29, 1.82) is 0 Å². The number of aromatic carboxylic acids is 1. The van der Waals surface area contributed by atoms with Crippen molar-refractivity contribution in [3.63, 3.8) is 0 Å². The quantitative estimate of drug-likeness (QED) is 0.660. The fourth-order valence-corrected chi connectivity index (χ4v) is 1.74. The first kappa shape index (κ1) is 11.3. The Hall–Kier alpha value is -2.85. The van der Waals surface area contributed by atoms with Crippen LogP contribution in [0, 0.1) is 0 Å². The molecule has 1 fully saturated rings. The van der Waals surface area contributed by atoms with Crippen LogP contribution in [0.1, 0.15) is 27.1 Å². The highest BCUT2D eigenvalue weighted by Crippen LogP contribution is 2.21. The molecule has 0 aliphatic carbocycles. The van der Waals surface area contributed by atoms with Gasteiger partial charge in [-0.25, -0.2) is 9.48 Å². The molecule has 1 aliphatic heterocycles. The number of carbonyl (C=O) groups is 2. The van der Waals surface area contributed by atoms with Gasteiger partial charge in [-0.3, -0.25) is 4.79 Å². The van der Waals surface area contributed by atoms with Gasteiger partial charge in [0.15, 0.2) is 5.69 Å². The van der Waals surface area contributed by atoms with Crippen molar-refractivity contribution >= 4 is 11.9 Å². The Labute approximate surface area is 105 Å². The average Bonchev–Trinajstić information content (AvgIpc) is 2.98. The Kier molecular flexibility index (Phi) is 2.44. The third-order valence-electron chi connectivity index (χ3n) is 2.79. The number of carboxylic acids is 1. The van der Waals surface area contributed by atoms with Gasteiger partial charge in [-0.05, 0) is 5.21 Å². The fourth-order valence-electron chi connectivity index (χ4n) is 1.74. The van der Waals surface area contributed by atoms with E-state index in [9.17, 15) is 9.59 Å². The van der Waals surface area contributed by atoms with Gasteiger partial charge in [-0.2, -0.15) is 5.21 Å².